The van der Waals surface area contributed by atoms with E-state index in [9.17, 15) is 0 Å². The minimum Gasteiger partial charge on any atom is -0.398 e. The SMILES string of the molecule is C=C(C[C@H]1c2cc3c(cc2[C@@H](c2cc(C)c(C)c(N)c2)C2C(=C)CCC21)CCC3)C1=CC(c2c(C)cnn2C)=CC1. The number of fused-ring (bicyclic) bond motifs is 3. The molecule has 2 aromatic carbocycles. The summed E-state index contributed by atoms with van der Waals surface area (Å²) in [5, 5.41) is 4.48. The van der Waals surface area contributed by atoms with Crippen molar-refractivity contribution in [2.24, 2.45) is 18.9 Å². The highest BCUT2D eigenvalue weighted by atomic mass is 15.3. The summed E-state index contributed by atoms with van der Waals surface area (Å²) in [7, 11) is 2.04. The van der Waals surface area contributed by atoms with Crippen LogP contribution in [0.3, 0.4) is 0 Å². The third-order valence-electron chi connectivity index (χ3n) is 10.9. The minimum absolute atomic E-state index is 0.328. The molecule has 4 aliphatic rings. The van der Waals surface area contributed by atoms with E-state index in [2.05, 4.69) is 68.9 Å². The van der Waals surface area contributed by atoms with Gasteiger partial charge in [-0.1, -0.05) is 48.6 Å². The van der Waals surface area contributed by atoms with Crippen LogP contribution in [0.25, 0.3) is 5.57 Å². The number of hydrogen-bond donors (Lipinski definition) is 1. The molecule has 3 heteroatoms. The summed E-state index contributed by atoms with van der Waals surface area (Å²) in [5.74, 6) is 1.82. The summed E-state index contributed by atoms with van der Waals surface area (Å²) >= 11 is 0. The first-order valence-electron chi connectivity index (χ1n) is 15.5. The number of rotatable bonds is 5. The lowest BCUT2D eigenvalue weighted by atomic mass is 9.60. The Morgan fingerprint density at radius 1 is 1.02 bits per heavy atom. The molecule has 1 fully saturated rings. The zero-order valence-corrected chi connectivity index (χ0v) is 25.2. The van der Waals surface area contributed by atoms with Crippen molar-refractivity contribution in [2.75, 3.05) is 5.73 Å². The van der Waals surface area contributed by atoms with Crippen molar-refractivity contribution in [2.45, 2.75) is 77.6 Å². The van der Waals surface area contributed by atoms with E-state index in [1.54, 1.807) is 16.7 Å². The van der Waals surface area contributed by atoms with Crippen molar-refractivity contribution in [3.8, 4) is 0 Å². The van der Waals surface area contributed by atoms with E-state index in [1.807, 2.05) is 17.9 Å². The molecule has 0 amide bonds. The minimum atomic E-state index is 0.328. The molecule has 7 rings (SSSR count). The lowest BCUT2D eigenvalue weighted by Gasteiger charge is -2.43. The summed E-state index contributed by atoms with van der Waals surface area (Å²) in [6.45, 7) is 15.9. The predicted octanol–water partition coefficient (Wildman–Crippen LogP) is 8.59. The van der Waals surface area contributed by atoms with E-state index in [1.165, 1.54) is 81.5 Å². The number of benzene rings is 2. The van der Waals surface area contributed by atoms with Gasteiger partial charge in [-0.25, -0.2) is 0 Å². The molecule has 0 radical (unpaired) electrons. The van der Waals surface area contributed by atoms with Crippen LogP contribution in [0.15, 0.2) is 72.5 Å². The fourth-order valence-corrected chi connectivity index (χ4v) is 8.65. The molecule has 3 nitrogen and oxygen atoms in total. The van der Waals surface area contributed by atoms with Gasteiger partial charge in [-0.2, -0.15) is 5.10 Å². The van der Waals surface area contributed by atoms with Gasteiger partial charge in [0.25, 0.3) is 0 Å². The third kappa shape index (κ3) is 4.19. The van der Waals surface area contributed by atoms with Gasteiger partial charge in [0.2, 0.25) is 0 Å². The predicted molar refractivity (Wildman–Crippen MR) is 171 cm³/mol. The Bertz CT molecular complexity index is 1630. The van der Waals surface area contributed by atoms with Gasteiger partial charge in [0.05, 0.1) is 11.9 Å². The quantitative estimate of drug-likeness (QED) is 0.260. The highest BCUT2D eigenvalue weighted by molar-refractivity contribution is 5.78. The maximum Gasteiger partial charge on any atom is 0.0705 e. The van der Waals surface area contributed by atoms with E-state index in [0.29, 0.717) is 23.7 Å². The summed E-state index contributed by atoms with van der Waals surface area (Å²) < 4.78 is 2.00. The maximum absolute atomic E-state index is 6.59. The van der Waals surface area contributed by atoms with Crippen LogP contribution in [0.2, 0.25) is 0 Å². The zero-order valence-electron chi connectivity index (χ0n) is 25.2. The van der Waals surface area contributed by atoms with Gasteiger partial charge in [0, 0.05) is 18.7 Å². The molecule has 0 bridgehead atoms. The second-order valence-electron chi connectivity index (χ2n) is 13.3. The summed E-state index contributed by atoms with van der Waals surface area (Å²) in [6.07, 6.45) is 14.7. The molecule has 2 unspecified atom stereocenters. The Morgan fingerprint density at radius 3 is 2.49 bits per heavy atom. The second kappa shape index (κ2) is 9.76. The number of allylic oxidation sites excluding steroid dienone is 6. The summed E-state index contributed by atoms with van der Waals surface area (Å²) in [4.78, 5) is 0. The molecule has 4 atom stereocenters. The normalized spacial score (nSPS) is 24.6. The van der Waals surface area contributed by atoms with Crippen molar-refractivity contribution < 1.29 is 0 Å². The molecule has 2 N–H and O–H groups in total. The van der Waals surface area contributed by atoms with E-state index >= 15 is 0 Å². The first kappa shape index (κ1) is 26.3. The van der Waals surface area contributed by atoms with Gasteiger partial charge >= 0.3 is 0 Å². The van der Waals surface area contributed by atoms with Gasteiger partial charge in [-0.05, 0) is 151 Å². The average Bonchev–Trinajstić information content (AvgIpc) is 3.74. The molecule has 1 aromatic heterocycles. The second-order valence-corrected chi connectivity index (χ2v) is 13.3. The van der Waals surface area contributed by atoms with Gasteiger partial charge in [0.15, 0.2) is 0 Å². The summed E-state index contributed by atoms with van der Waals surface area (Å²) in [6, 6.07) is 9.87. The number of nitrogens with two attached hydrogens (primary N) is 1. The Balaban J connectivity index is 1.30. The molecule has 1 heterocycles. The van der Waals surface area contributed by atoms with Crippen LogP contribution >= 0.6 is 0 Å². The number of aryl methyl sites for hydroxylation is 5. The van der Waals surface area contributed by atoms with Crippen LogP contribution < -0.4 is 5.73 Å². The fraction of sp³-hybridized carbons (Fsp3) is 0.395. The lowest BCUT2D eigenvalue weighted by Crippen LogP contribution is -2.32. The number of nitrogens with zero attached hydrogens (tertiary/aromatic N) is 2. The number of nitrogen functional groups attached to an aromatic ring is 1. The molecule has 4 aliphatic carbocycles. The highest BCUT2D eigenvalue weighted by Gasteiger charge is 2.47. The zero-order chi connectivity index (χ0) is 28.6. The van der Waals surface area contributed by atoms with E-state index < -0.39 is 0 Å². The summed E-state index contributed by atoms with van der Waals surface area (Å²) in [5.41, 5.74) is 25.4. The van der Waals surface area contributed by atoms with E-state index in [0.717, 1.165) is 24.9 Å². The van der Waals surface area contributed by atoms with E-state index in [-0.39, 0.29) is 0 Å². The molecular weight excluding hydrogens is 498 g/mol. The van der Waals surface area contributed by atoms with Crippen LogP contribution in [-0.2, 0) is 19.9 Å². The van der Waals surface area contributed by atoms with Crippen molar-refractivity contribution in [3.63, 3.8) is 0 Å². The first-order valence-corrected chi connectivity index (χ1v) is 15.5. The van der Waals surface area contributed by atoms with Crippen molar-refractivity contribution in [1.29, 1.82) is 0 Å². The molecule has 0 saturated heterocycles. The Morgan fingerprint density at radius 2 is 1.78 bits per heavy atom. The fourth-order valence-electron chi connectivity index (χ4n) is 8.65. The van der Waals surface area contributed by atoms with E-state index in [4.69, 9.17) is 12.3 Å². The van der Waals surface area contributed by atoms with Gasteiger partial charge in [0.1, 0.15) is 0 Å². The average molecular weight is 542 g/mol. The highest BCUT2D eigenvalue weighted by Crippen LogP contribution is 2.60. The molecule has 1 saturated carbocycles. The molecule has 210 valence electrons. The third-order valence-corrected chi connectivity index (χ3v) is 10.9. The Labute approximate surface area is 245 Å². The van der Waals surface area contributed by atoms with Gasteiger partial charge in [-0.3, -0.25) is 4.68 Å². The smallest absolute Gasteiger partial charge is 0.0705 e. The molecule has 41 heavy (non-hydrogen) atoms. The van der Waals surface area contributed by atoms with Crippen LogP contribution in [-0.4, -0.2) is 9.78 Å². The van der Waals surface area contributed by atoms with Crippen molar-refractivity contribution >= 4 is 11.3 Å². The molecule has 0 spiro atoms. The van der Waals surface area contributed by atoms with Crippen LogP contribution in [0.1, 0.15) is 94.1 Å². The van der Waals surface area contributed by atoms with Crippen LogP contribution in [0, 0.1) is 32.6 Å². The van der Waals surface area contributed by atoms with Crippen molar-refractivity contribution in [3.05, 3.63) is 123 Å². The Kier molecular flexibility index (Phi) is 6.26. The largest absolute Gasteiger partial charge is 0.398 e. The lowest BCUT2D eigenvalue weighted by molar-refractivity contribution is 0.295. The number of anilines is 1. The topological polar surface area (TPSA) is 43.8 Å². The molecule has 3 aromatic rings. The van der Waals surface area contributed by atoms with Gasteiger partial charge in [-0.15, -0.1) is 0 Å². The van der Waals surface area contributed by atoms with Crippen molar-refractivity contribution in [1.82, 2.24) is 9.78 Å². The molecular formula is C38H43N3. The molecule has 0 aliphatic heterocycles. The van der Waals surface area contributed by atoms with Crippen LogP contribution in [0.4, 0.5) is 5.69 Å². The maximum atomic E-state index is 6.59. The standard InChI is InChI=1S/C38H43N3/c1-21-10-13-31-32(15-23(3)26-11-12-29(16-26)38-24(4)20-40-41(38)6)33-17-27-8-7-9-28(27)18-34(33)37(36(21)31)30-14-22(2)25(5)35(39)19-30/h12,14,16-20,31-32,36-37H,1,3,7-11,13,15,39H2,2,4-6H3/t31?,32-,36?,37-/m1/s1. The van der Waals surface area contributed by atoms with Gasteiger partial charge < -0.3 is 5.73 Å². The first-order chi connectivity index (χ1) is 19.7. The number of hydrogen-bond acceptors (Lipinski definition) is 2. The number of aromatic nitrogens is 2. The Hall–Kier alpha value is -3.59. The monoisotopic (exact) mass is 541 g/mol. The van der Waals surface area contributed by atoms with Crippen LogP contribution in [0.5, 0.6) is 0 Å².